The number of nitrogens with zero attached hydrogens (tertiary/aromatic N) is 1. The van der Waals surface area contributed by atoms with Crippen LogP contribution in [-0.4, -0.2) is 36.9 Å². The highest BCUT2D eigenvalue weighted by Crippen LogP contribution is 2.36. The molecule has 2 unspecified atom stereocenters. The van der Waals surface area contributed by atoms with E-state index in [1.807, 2.05) is 19.9 Å². The number of ether oxygens (including phenoxy) is 1. The van der Waals surface area contributed by atoms with Gasteiger partial charge in [-0.05, 0) is 57.4 Å². The molecule has 1 heterocycles. The third-order valence-corrected chi connectivity index (χ3v) is 5.49. The summed E-state index contributed by atoms with van der Waals surface area (Å²) in [4.78, 5) is 11.8. The molecule has 0 saturated heterocycles. The smallest absolute Gasteiger partial charge is 0.407 e. The van der Waals surface area contributed by atoms with Gasteiger partial charge in [-0.3, -0.25) is 5.10 Å². The lowest BCUT2D eigenvalue weighted by molar-refractivity contribution is 0.0981. The van der Waals surface area contributed by atoms with E-state index in [0.29, 0.717) is 11.5 Å². The van der Waals surface area contributed by atoms with E-state index in [-0.39, 0.29) is 29.1 Å². The number of hydrogen-bond donors (Lipinski definition) is 4. The zero-order valence-electron chi connectivity index (χ0n) is 15.8. The van der Waals surface area contributed by atoms with Crippen LogP contribution < -0.4 is 15.8 Å². The summed E-state index contributed by atoms with van der Waals surface area (Å²) in [5.41, 5.74) is 1.67. The van der Waals surface area contributed by atoms with Gasteiger partial charge in [0.2, 0.25) is 10.0 Å². The third-order valence-electron chi connectivity index (χ3n) is 4.56. The van der Waals surface area contributed by atoms with Crippen LogP contribution in [0.5, 0.6) is 0 Å². The molecule has 0 spiro atoms. The number of anilines is 2. The summed E-state index contributed by atoms with van der Waals surface area (Å²) in [6.07, 6.45) is 1.98. The standard InChI is InChI=1S/C18H25N5O4S/c1-11(2)20-18(24)27-14-6-3-12(9-14)16-10-17(23-22-16)21-13-4-7-15(8-5-13)28(19,25)26/h4-5,7-8,10-12,14H,3,6,9H2,1-2H3,(H,20,24)(H2,19,25,26)(H2,21,22,23). The minimum Gasteiger partial charge on any atom is -0.446 e. The fourth-order valence-corrected chi connectivity index (χ4v) is 3.75. The number of benzene rings is 1. The van der Waals surface area contributed by atoms with E-state index in [1.165, 1.54) is 12.1 Å². The second-order valence-electron chi connectivity index (χ2n) is 7.24. The molecule has 1 aliphatic rings. The fraction of sp³-hybridized carbons (Fsp3) is 0.444. The first-order valence-electron chi connectivity index (χ1n) is 9.13. The maximum atomic E-state index is 11.7. The second kappa shape index (κ2) is 8.19. The van der Waals surface area contributed by atoms with E-state index in [9.17, 15) is 13.2 Å². The molecular formula is C18H25N5O4S. The molecule has 3 rings (SSSR count). The van der Waals surface area contributed by atoms with Crippen LogP contribution in [0.1, 0.15) is 44.7 Å². The topological polar surface area (TPSA) is 139 Å². The maximum Gasteiger partial charge on any atom is 0.407 e. The van der Waals surface area contributed by atoms with Crippen LogP contribution in [0.2, 0.25) is 0 Å². The van der Waals surface area contributed by atoms with E-state index in [0.717, 1.165) is 25.0 Å². The van der Waals surface area contributed by atoms with Gasteiger partial charge in [-0.2, -0.15) is 5.10 Å². The van der Waals surface area contributed by atoms with Gasteiger partial charge in [0.1, 0.15) is 6.10 Å². The highest BCUT2D eigenvalue weighted by atomic mass is 32.2. The molecule has 2 atom stereocenters. The number of aromatic nitrogens is 2. The molecule has 9 nitrogen and oxygen atoms in total. The predicted molar refractivity (Wildman–Crippen MR) is 105 cm³/mol. The third kappa shape index (κ3) is 5.23. The molecule has 0 radical (unpaired) electrons. The van der Waals surface area contributed by atoms with Gasteiger partial charge in [-0.15, -0.1) is 0 Å². The van der Waals surface area contributed by atoms with Crippen molar-refractivity contribution in [2.24, 2.45) is 5.14 Å². The van der Waals surface area contributed by atoms with Crippen molar-refractivity contribution in [3.63, 3.8) is 0 Å². The number of carbonyl (C=O) groups excluding carboxylic acids is 1. The Morgan fingerprint density at radius 1 is 1.29 bits per heavy atom. The van der Waals surface area contributed by atoms with Crippen LogP contribution in [0.4, 0.5) is 16.3 Å². The van der Waals surface area contributed by atoms with E-state index >= 15 is 0 Å². The number of nitrogens with one attached hydrogen (secondary N) is 3. The number of sulfonamides is 1. The van der Waals surface area contributed by atoms with Crippen LogP contribution in [0, 0.1) is 0 Å². The highest BCUT2D eigenvalue weighted by Gasteiger charge is 2.30. The Balaban J connectivity index is 1.56. The van der Waals surface area contributed by atoms with Crippen molar-refractivity contribution in [3.8, 4) is 0 Å². The van der Waals surface area contributed by atoms with Crippen molar-refractivity contribution in [2.75, 3.05) is 5.32 Å². The molecule has 0 bridgehead atoms. The molecular weight excluding hydrogens is 382 g/mol. The summed E-state index contributed by atoms with van der Waals surface area (Å²) in [7, 11) is -3.71. The quantitative estimate of drug-likeness (QED) is 0.580. The summed E-state index contributed by atoms with van der Waals surface area (Å²) in [6.45, 7) is 3.78. The van der Waals surface area contributed by atoms with Gasteiger partial charge in [0.05, 0.1) is 4.90 Å². The first-order valence-corrected chi connectivity index (χ1v) is 10.7. The van der Waals surface area contributed by atoms with Crippen molar-refractivity contribution in [3.05, 3.63) is 36.0 Å². The SMILES string of the molecule is CC(C)NC(=O)OC1CCC(c2cc(Nc3ccc(S(N)(=O)=O)cc3)n[nH]2)C1. The van der Waals surface area contributed by atoms with Crippen LogP contribution in [0.25, 0.3) is 0 Å². The van der Waals surface area contributed by atoms with Gasteiger partial charge >= 0.3 is 6.09 Å². The number of primary sulfonamides is 1. The van der Waals surface area contributed by atoms with Gasteiger partial charge in [0.15, 0.2) is 5.82 Å². The van der Waals surface area contributed by atoms with Crippen molar-refractivity contribution in [1.29, 1.82) is 0 Å². The van der Waals surface area contributed by atoms with E-state index < -0.39 is 10.0 Å². The van der Waals surface area contributed by atoms with Gasteiger partial charge in [-0.25, -0.2) is 18.4 Å². The number of amides is 1. The number of carbonyl (C=O) groups is 1. The molecule has 2 aromatic rings. The Labute approximate surface area is 164 Å². The molecule has 152 valence electrons. The minimum absolute atomic E-state index is 0.0463. The molecule has 1 aromatic carbocycles. The van der Waals surface area contributed by atoms with Crippen LogP contribution in [-0.2, 0) is 14.8 Å². The van der Waals surface area contributed by atoms with Gasteiger partial charge < -0.3 is 15.4 Å². The van der Waals surface area contributed by atoms with Gasteiger partial charge in [0, 0.05) is 29.4 Å². The Bertz CT molecular complexity index is 924. The van der Waals surface area contributed by atoms with Gasteiger partial charge in [0.25, 0.3) is 0 Å². The summed E-state index contributed by atoms with van der Waals surface area (Å²) in [6, 6.07) is 8.08. The minimum atomic E-state index is -3.71. The Kier molecular flexibility index (Phi) is 5.90. The average molecular weight is 407 g/mol. The van der Waals surface area contributed by atoms with E-state index in [1.54, 1.807) is 12.1 Å². The lowest BCUT2D eigenvalue weighted by atomic mass is 10.0. The number of H-pyrrole nitrogens is 1. The summed E-state index contributed by atoms with van der Waals surface area (Å²) in [5, 5.41) is 18.2. The summed E-state index contributed by atoms with van der Waals surface area (Å²) >= 11 is 0. The molecule has 1 fully saturated rings. The highest BCUT2D eigenvalue weighted by molar-refractivity contribution is 7.89. The van der Waals surface area contributed by atoms with Crippen LogP contribution in [0.3, 0.4) is 0 Å². The first kappa shape index (κ1) is 20.2. The normalized spacial score (nSPS) is 19.6. The van der Waals surface area contributed by atoms with Crippen molar-refractivity contribution >= 4 is 27.6 Å². The molecule has 1 amide bonds. The zero-order valence-corrected chi connectivity index (χ0v) is 16.6. The molecule has 5 N–H and O–H groups in total. The Hall–Kier alpha value is -2.59. The maximum absolute atomic E-state index is 11.7. The van der Waals surface area contributed by atoms with Crippen molar-refractivity contribution in [2.45, 2.75) is 56.1 Å². The van der Waals surface area contributed by atoms with E-state index in [2.05, 4.69) is 20.8 Å². The van der Waals surface area contributed by atoms with Crippen molar-refractivity contribution < 1.29 is 17.9 Å². The molecule has 1 saturated carbocycles. The number of rotatable bonds is 6. The monoisotopic (exact) mass is 407 g/mol. The molecule has 1 aliphatic carbocycles. The molecule has 28 heavy (non-hydrogen) atoms. The average Bonchev–Trinajstić information content (AvgIpc) is 3.23. The largest absolute Gasteiger partial charge is 0.446 e. The lowest BCUT2D eigenvalue weighted by Crippen LogP contribution is -2.33. The summed E-state index contributed by atoms with van der Waals surface area (Å²) < 4.78 is 28.1. The summed E-state index contributed by atoms with van der Waals surface area (Å²) in [5.74, 6) is 0.866. The van der Waals surface area contributed by atoms with Crippen LogP contribution >= 0.6 is 0 Å². The Morgan fingerprint density at radius 3 is 2.64 bits per heavy atom. The number of hydrogen-bond acceptors (Lipinski definition) is 6. The van der Waals surface area contributed by atoms with E-state index in [4.69, 9.17) is 9.88 Å². The fourth-order valence-electron chi connectivity index (χ4n) is 3.24. The second-order valence-corrected chi connectivity index (χ2v) is 8.80. The number of nitrogens with two attached hydrogens (primary N) is 1. The zero-order chi connectivity index (χ0) is 20.3. The molecule has 0 aliphatic heterocycles. The Morgan fingerprint density at radius 2 is 2.00 bits per heavy atom. The molecule has 10 heteroatoms. The predicted octanol–water partition coefficient (Wildman–Crippen LogP) is 2.57. The first-order chi connectivity index (χ1) is 13.2. The number of alkyl carbamates (subject to hydrolysis) is 1. The number of aromatic amines is 1. The van der Waals surface area contributed by atoms with Crippen molar-refractivity contribution in [1.82, 2.24) is 15.5 Å². The van der Waals surface area contributed by atoms with Gasteiger partial charge in [-0.1, -0.05) is 0 Å². The van der Waals surface area contributed by atoms with Crippen LogP contribution in [0.15, 0.2) is 35.2 Å². The lowest BCUT2D eigenvalue weighted by Gasteiger charge is -2.14. The molecule has 1 aromatic heterocycles.